The molecule has 2 aromatic rings. The topological polar surface area (TPSA) is 82.3 Å². The molecule has 1 aromatic heterocycles. The lowest BCUT2D eigenvalue weighted by Crippen LogP contribution is -2.38. The number of benzene rings is 1. The maximum Gasteiger partial charge on any atom is 0.252 e. The number of aromatic amines is 1. The van der Waals surface area contributed by atoms with Crippen molar-refractivity contribution in [2.45, 2.75) is 12.8 Å². The SMILES string of the molecule is O=C(NCC(=O)N1CCCC1)c1cc(=O)[nH]c2ccccc12. The largest absolute Gasteiger partial charge is 0.343 e. The predicted octanol–water partition coefficient (Wildman–Crippen LogP) is 0.880. The number of para-hydroxylation sites is 1. The number of nitrogens with zero attached hydrogens (tertiary/aromatic N) is 1. The van der Waals surface area contributed by atoms with E-state index in [4.69, 9.17) is 0 Å². The molecule has 0 spiro atoms. The number of H-pyrrole nitrogens is 1. The Morgan fingerprint density at radius 2 is 1.91 bits per heavy atom. The molecule has 2 amide bonds. The third-order valence-corrected chi connectivity index (χ3v) is 3.85. The van der Waals surface area contributed by atoms with E-state index in [0.29, 0.717) is 10.9 Å². The van der Waals surface area contributed by atoms with Gasteiger partial charge < -0.3 is 15.2 Å². The number of pyridine rings is 1. The molecule has 0 saturated carbocycles. The lowest BCUT2D eigenvalue weighted by Gasteiger charge is -2.15. The van der Waals surface area contributed by atoms with E-state index < -0.39 is 5.91 Å². The van der Waals surface area contributed by atoms with Gasteiger partial charge in [-0.3, -0.25) is 14.4 Å². The van der Waals surface area contributed by atoms with Crippen molar-refractivity contribution in [3.63, 3.8) is 0 Å². The Morgan fingerprint density at radius 1 is 1.18 bits per heavy atom. The highest BCUT2D eigenvalue weighted by Crippen LogP contribution is 2.14. The highest BCUT2D eigenvalue weighted by atomic mass is 16.2. The van der Waals surface area contributed by atoms with Crippen LogP contribution >= 0.6 is 0 Å². The molecule has 22 heavy (non-hydrogen) atoms. The number of aromatic nitrogens is 1. The molecule has 1 aromatic carbocycles. The zero-order valence-corrected chi connectivity index (χ0v) is 12.1. The number of likely N-dealkylation sites (tertiary alicyclic amines) is 1. The van der Waals surface area contributed by atoms with Gasteiger partial charge >= 0.3 is 0 Å². The fourth-order valence-electron chi connectivity index (χ4n) is 2.72. The Hall–Kier alpha value is -2.63. The van der Waals surface area contributed by atoms with E-state index in [9.17, 15) is 14.4 Å². The van der Waals surface area contributed by atoms with Crippen molar-refractivity contribution >= 4 is 22.7 Å². The van der Waals surface area contributed by atoms with Crippen molar-refractivity contribution in [3.8, 4) is 0 Å². The maximum absolute atomic E-state index is 12.3. The molecular formula is C16H17N3O3. The molecule has 6 heteroatoms. The van der Waals surface area contributed by atoms with E-state index in [0.717, 1.165) is 25.9 Å². The molecule has 1 fully saturated rings. The summed E-state index contributed by atoms with van der Waals surface area (Å²) in [6, 6.07) is 8.35. The van der Waals surface area contributed by atoms with E-state index in [2.05, 4.69) is 10.3 Å². The van der Waals surface area contributed by atoms with Crippen molar-refractivity contribution in [1.29, 1.82) is 0 Å². The molecule has 1 aliphatic heterocycles. The number of fused-ring (bicyclic) bond motifs is 1. The Balaban J connectivity index is 1.77. The van der Waals surface area contributed by atoms with Crippen LogP contribution in [-0.4, -0.2) is 41.3 Å². The van der Waals surface area contributed by atoms with Crippen molar-refractivity contribution in [1.82, 2.24) is 15.2 Å². The smallest absolute Gasteiger partial charge is 0.252 e. The number of hydrogen-bond acceptors (Lipinski definition) is 3. The molecule has 6 nitrogen and oxygen atoms in total. The zero-order valence-electron chi connectivity index (χ0n) is 12.1. The average molecular weight is 299 g/mol. The average Bonchev–Trinajstić information content (AvgIpc) is 3.06. The summed E-state index contributed by atoms with van der Waals surface area (Å²) in [4.78, 5) is 40.3. The molecule has 2 heterocycles. The number of nitrogens with one attached hydrogen (secondary N) is 2. The minimum absolute atomic E-state index is 0.0417. The van der Waals surface area contributed by atoms with Crippen LogP contribution in [0.15, 0.2) is 35.1 Å². The second-order valence-corrected chi connectivity index (χ2v) is 5.36. The van der Waals surface area contributed by atoms with Crippen molar-refractivity contribution < 1.29 is 9.59 Å². The summed E-state index contributed by atoms with van der Waals surface area (Å²) in [7, 11) is 0. The Morgan fingerprint density at radius 3 is 2.68 bits per heavy atom. The second-order valence-electron chi connectivity index (χ2n) is 5.36. The molecule has 0 unspecified atom stereocenters. The van der Waals surface area contributed by atoms with E-state index in [1.165, 1.54) is 6.07 Å². The number of carbonyl (C=O) groups excluding carboxylic acids is 2. The van der Waals surface area contributed by atoms with Gasteiger partial charge in [-0.25, -0.2) is 0 Å². The quantitative estimate of drug-likeness (QED) is 0.882. The Bertz CT molecular complexity index is 776. The standard InChI is InChI=1S/C16H17N3O3/c20-14-9-12(11-5-1-2-6-13(11)18-14)16(22)17-10-15(21)19-7-3-4-8-19/h1-2,5-6,9H,3-4,7-8,10H2,(H,17,22)(H,18,20). The highest BCUT2D eigenvalue weighted by Gasteiger charge is 2.19. The van der Waals surface area contributed by atoms with Crippen molar-refractivity contribution in [2.75, 3.05) is 19.6 Å². The summed E-state index contributed by atoms with van der Waals surface area (Å²) in [5.41, 5.74) is 0.550. The van der Waals surface area contributed by atoms with Crippen LogP contribution in [0.1, 0.15) is 23.2 Å². The first-order valence-electron chi connectivity index (χ1n) is 7.33. The second kappa shape index (κ2) is 6.01. The summed E-state index contributed by atoms with van der Waals surface area (Å²) in [5, 5.41) is 3.27. The normalized spacial score (nSPS) is 14.3. The molecule has 0 atom stereocenters. The predicted molar refractivity (Wildman–Crippen MR) is 82.7 cm³/mol. The zero-order chi connectivity index (χ0) is 15.5. The summed E-state index contributed by atoms with van der Waals surface area (Å²) >= 11 is 0. The number of rotatable bonds is 3. The van der Waals surface area contributed by atoms with Gasteiger partial charge in [-0.15, -0.1) is 0 Å². The van der Waals surface area contributed by atoms with Crippen molar-refractivity contribution in [2.24, 2.45) is 0 Å². The minimum atomic E-state index is -0.408. The van der Waals surface area contributed by atoms with Gasteiger partial charge in [0.05, 0.1) is 12.1 Å². The van der Waals surface area contributed by atoms with Gasteiger partial charge in [-0.2, -0.15) is 0 Å². The van der Waals surface area contributed by atoms with E-state index in [-0.39, 0.29) is 23.6 Å². The van der Waals surface area contributed by atoms with Gasteiger partial charge in [-0.05, 0) is 18.9 Å². The summed E-state index contributed by atoms with van der Waals surface area (Å²) < 4.78 is 0. The minimum Gasteiger partial charge on any atom is -0.343 e. The number of carbonyl (C=O) groups is 2. The lowest BCUT2D eigenvalue weighted by molar-refractivity contribution is -0.129. The molecule has 114 valence electrons. The van der Waals surface area contributed by atoms with Crippen LogP contribution in [0.25, 0.3) is 10.9 Å². The highest BCUT2D eigenvalue weighted by molar-refractivity contribution is 6.06. The van der Waals surface area contributed by atoms with Gasteiger partial charge in [-0.1, -0.05) is 18.2 Å². The summed E-state index contributed by atoms with van der Waals surface area (Å²) in [6.45, 7) is 1.46. The van der Waals surface area contributed by atoms with Gasteiger partial charge in [0.25, 0.3) is 5.91 Å². The lowest BCUT2D eigenvalue weighted by atomic mass is 10.1. The van der Waals surface area contributed by atoms with Crippen LogP contribution in [0.5, 0.6) is 0 Å². The van der Waals surface area contributed by atoms with Gasteiger partial charge in [0.2, 0.25) is 11.5 Å². The molecule has 1 saturated heterocycles. The number of hydrogen-bond donors (Lipinski definition) is 2. The Labute approximate surface area is 127 Å². The van der Waals surface area contributed by atoms with Gasteiger partial charge in [0, 0.05) is 30.1 Å². The fraction of sp³-hybridized carbons (Fsp3) is 0.312. The molecular weight excluding hydrogens is 282 g/mol. The molecule has 1 aliphatic rings. The van der Waals surface area contributed by atoms with Crippen LogP contribution < -0.4 is 10.9 Å². The molecule has 0 bridgehead atoms. The van der Waals surface area contributed by atoms with Crippen LogP contribution in [0.2, 0.25) is 0 Å². The van der Waals surface area contributed by atoms with Crippen molar-refractivity contribution in [3.05, 3.63) is 46.2 Å². The first-order chi connectivity index (χ1) is 10.6. The van der Waals surface area contributed by atoms with E-state index in [1.807, 2.05) is 0 Å². The third-order valence-electron chi connectivity index (χ3n) is 3.85. The Kier molecular flexibility index (Phi) is 3.91. The van der Waals surface area contributed by atoms with Crippen LogP contribution in [-0.2, 0) is 4.79 Å². The first-order valence-corrected chi connectivity index (χ1v) is 7.33. The van der Waals surface area contributed by atoms with E-state index >= 15 is 0 Å². The number of amides is 2. The molecule has 3 rings (SSSR count). The van der Waals surface area contributed by atoms with E-state index in [1.54, 1.807) is 29.2 Å². The molecule has 2 N–H and O–H groups in total. The van der Waals surface area contributed by atoms with Gasteiger partial charge in [0.1, 0.15) is 0 Å². The first kappa shape index (κ1) is 14.3. The van der Waals surface area contributed by atoms with Crippen LogP contribution in [0.4, 0.5) is 0 Å². The summed E-state index contributed by atoms with van der Waals surface area (Å²) in [5.74, 6) is -0.491. The molecule has 0 aliphatic carbocycles. The summed E-state index contributed by atoms with van der Waals surface area (Å²) in [6.07, 6.45) is 2.02. The van der Waals surface area contributed by atoms with Gasteiger partial charge in [0.15, 0.2) is 0 Å². The molecule has 0 radical (unpaired) electrons. The monoisotopic (exact) mass is 299 g/mol. The maximum atomic E-state index is 12.3. The van der Waals surface area contributed by atoms with Crippen LogP contribution in [0.3, 0.4) is 0 Å². The van der Waals surface area contributed by atoms with Crippen LogP contribution in [0, 0.1) is 0 Å². The fourth-order valence-corrected chi connectivity index (χ4v) is 2.72. The third kappa shape index (κ3) is 2.86.